The lowest BCUT2D eigenvalue weighted by Gasteiger charge is -2.20. The molecule has 0 saturated carbocycles. The molecule has 1 aromatic heterocycles. The van der Waals surface area contributed by atoms with E-state index in [0.717, 1.165) is 4.31 Å². The summed E-state index contributed by atoms with van der Waals surface area (Å²) < 4.78 is 32.9. The molecule has 0 unspecified atom stereocenters. The van der Waals surface area contributed by atoms with E-state index in [1.165, 1.54) is 25.2 Å². The van der Waals surface area contributed by atoms with Gasteiger partial charge in [-0.15, -0.1) is 10.2 Å². The summed E-state index contributed by atoms with van der Waals surface area (Å²) in [4.78, 5) is 12.7. The van der Waals surface area contributed by atoms with Crippen molar-refractivity contribution >= 4 is 44.7 Å². The van der Waals surface area contributed by atoms with E-state index in [2.05, 4.69) is 10.2 Å². The summed E-state index contributed by atoms with van der Waals surface area (Å²) in [5, 5.41) is 8.21. The summed E-state index contributed by atoms with van der Waals surface area (Å²) in [6.45, 7) is 0. The first-order valence-electron chi connectivity index (χ1n) is 9.25. The molecule has 0 saturated heterocycles. The molecule has 4 aromatic rings. The Hall–Kier alpha value is -3.20. The monoisotopic (exact) mass is 487 g/mol. The van der Waals surface area contributed by atoms with E-state index >= 15 is 0 Å². The first-order chi connectivity index (χ1) is 15.3. The number of hydrogen-bond acceptors (Lipinski definition) is 6. The van der Waals surface area contributed by atoms with Crippen molar-refractivity contribution in [1.29, 1.82) is 0 Å². The number of carbonyl (C=O) groups is 1. The highest BCUT2D eigenvalue weighted by atomic mass is 35.5. The van der Waals surface area contributed by atoms with E-state index in [9.17, 15) is 13.2 Å². The molecule has 0 aliphatic heterocycles. The summed E-state index contributed by atoms with van der Waals surface area (Å²) in [7, 11) is -2.62. The van der Waals surface area contributed by atoms with Crippen molar-refractivity contribution in [1.82, 2.24) is 10.2 Å². The third-order valence-corrected chi connectivity index (χ3v) is 7.18. The largest absolute Gasteiger partial charge is 0.413 e. The molecule has 32 heavy (non-hydrogen) atoms. The maximum atomic E-state index is 13.1. The normalized spacial score (nSPS) is 11.3. The lowest BCUT2D eigenvalue weighted by atomic mass is 10.1. The molecule has 4 rings (SSSR count). The van der Waals surface area contributed by atoms with Crippen LogP contribution in [0, 0.1) is 0 Å². The third kappa shape index (κ3) is 4.25. The van der Waals surface area contributed by atoms with Crippen LogP contribution in [-0.2, 0) is 10.0 Å². The van der Waals surface area contributed by atoms with Crippen LogP contribution in [0.1, 0.15) is 16.2 Å². The summed E-state index contributed by atoms with van der Waals surface area (Å²) in [6, 6.07) is 19.1. The number of hydrogen-bond donors (Lipinski definition) is 0. The molecular weight excluding hydrogens is 473 g/mol. The second-order valence-corrected chi connectivity index (χ2v) is 9.48. The lowest BCUT2D eigenvalue weighted by molar-refractivity contribution is 0.100. The van der Waals surface area contributed by atoms with Gasteiger partial charge in [-0.05, 0) is 54.6 Å². The van der Waals surface area contributed by atoms with Crippen molar-refractivity contribution in [2.24, 2.45) is 0 Å². The van der Waals surface area contributed by atoms with Crippen LogP contribution in [0.25, 0.3) is 11.5 Å². The van der Waals surface area contributed by atoms with E-state index in [1.807, 2.05) is 0 Å². The van der Waals surface area contributed by atoms with Gasteiger partial charge >= 0.3 is 0 Å². The van der Waals surface area contributed by atoms with Crippen LogP contribution < -0.4 is 4.31 Å². The molecule has 0 radical (unpaired) electrons. The number of halogens is 2. The van der Waals surface area contributed by atoms with Crippen LogP contribution in [-0.4, -0.2) is 31.4 Å². The number of rotatable bonds is 6. The molecule has 0 fully saturated rings. The number of ketones is 1. The fourth-order valence-electron chi connectivity index (χ4n) is 2.91. The van der Waals surface area contributed by atoms with Crippen LogP contribution >= 0.6 is 23.2 Å². The minimum absolute atomic E-state index is 0.0169. The van der Waals surface area contributed by atoms with Gasteiger partial charge in [0, 0.05) is 23.2 Å². The fraction of sp³-hybridized carbons (Fsp3) is 0.0455. The molecule has 0 aliphatic carbocycles. The Kier molecular flexibility index (Phi) is 6.01. The number of nitrogens with zero attached hydrogens (tertiary/aromatic N) is 3. The molecule has 7 nitrogen and oxygen atoms in total. The molecule has 162 valence electrons. The topological polar surface area (TPSA) is 93.4 Å². The van der Waals surface area contributed by atoms with Crippen LogP contribution in [0.3, 0.4) is 0 Å². The maximum Gasteiger partial charge on any atom is 0.289 e. The lowest BCUT2D eigenvalue weighted by Crippen LogP contribution is -2.27. The van der Waals surface area contributed by atoms with Crippen LogP contribution in [0.2, 0.25) is 10.0 Å². The van der Waals surface area contributed by atoms with E-state index in [0.29, 0.717) is 16.3 Å². The minimum atomic E-state index is -4.03. The van der Waals surface area contributed by atoms with Crippen LogP contribution in [0.5, 0.6) is 0 Å². The molecular formula is C22H15Cl2N3O4S. The molecule has 3 aromatic carbocycles. The Bertz CT molecular complexity index is 1390. The Morgan fingerprint density at radius 2 is 1.62 bits per heavy atom. The average molecular weight is 488 g/mol. The highest BCUT2D eigenvalue weighted by molar-refractivity contribution is 7.93. The molecule has 1 heterocycles. The van der Waals surface area contributed by atoms with Crippen molar-refractivity contribution in [2.45, 2.75) is 4.90 Å². The molecule has 0 bridgehead atoms. The first-order valence-corrected chi connectivity index (χ1v) is 11.4. The minimum Gasteiger partial charge on any atom is -0.413 e. The first kappa shape index (κ1) is 22.0. The van der Waals surface area contributed by atoms with Gasteiger partial charge in [0.05, 0.1) is 10.7 Å². The van der Waals surface area contributed by atoms with Crippen LogP contribution in [0.4, 0.5) is 5.69 Å². The second kappa shape index (κ2) is 8.74. The summed E-state index contributed by atoms with van der Waals surface area (Å²) in [5.41, 5.74) is 1.08. The number of benzene rings is 3. The number of aromatic nitrogens is 2. The molecule has 0 atom stereocenters. The zero-order chi connectivity index (χ0) is 22.9. The number of para-hydroxylation sites is 1. The van der Waals surface area contributed by atoms with Crippen molar-refractivity contribution in [3.8, 4) is 11.5 Å². The smallest absolute Gasteiger partial charge is 0.289 e. The zero-order valence-electron chi connectivity index (χ0n) is 16.6. The van der Waals surface area contributed by atoms with Gasteiger partial charge in [-0.25, -0.2) is 8.42 Å². The molecule has 10 heteroatoms. The Balaban J connectivity index is 1.67. The van der Waals surface area contributed by atoms with Gasteiger partial charge in [-0.3, -0.25) is 9.10 Å². The van der Waals surface area contributed by atoms with Crippen molar-refractivity contribution < 1.29 is 17.6 Å². The predicted molar refractivity (Wildman–Crippen MR) is 122 cm³/mol. The van der Waals surface area contributed by atoms with E-state index in [1.54, 1.807) is 54.6 Å². The quantitative estimate of drug-likeness (QED) is 0.351. The van der Waals surface area contributed by atoms with Gasteiger partial charge in [-0.1, -0.05) is 41.4 Å². The molecule has 0 N–H and O–H groups in total. The Morgan fingerprint density at radius 3 is 2.31 bits per heavy atom. The van der Waals surface area contributed by atoms with Crippen LogP contribution in [0.15, 0.2) is 82.1 Å². The second-order valence-electron chi connectivity index (χ2n) is 6.70. The molecule has 0 aliphatic rings. The summed E-state index contributed by atoms with van der Waals surface area (Å²) in [6.07, 6.45) is 0. The molecule has 0 amide bonds. The van der Waals surface area contributed by atoms with Gasteiger partial charge in [0.1, 0.15) is 4.90 Å². The number of anilines is 1. The van der Waals surface area contributed by atoms with E-state index < -0.39 is 15.8 Å². The van der Waals surface area contributed by atoms with E-state index in [-0.39, 0.29) is 27.3 Å². The Labute approximate surface area is 194 Å². The van der Waals surface area contributed by atoms with Gasteiger partial charge in [0.2, 0.25) is 11.7 Å². The third-order valence-electron chi connectivity index (χ3n) is 4.66. The van der Waals surface area contributed by atoms with Crippen molar-refractivity contribution in [3.05, 3.63) is 94.3 Å². The number of sulfonamides is 1. The standard InChI is InChI=1S/C22H15Cl2N3O4S/c1-27(17-5-3-2-4-6-17)32(29,30)19-13-15(9-12-18(19)24)20(28)22-26-25-21(31-22)14-7-10-16(23)11-8-14/h2-13H,1H3. The van der Waals surface area contributed by atoms with Gasteiger partial charge in [0.15, 0.2) is 0 Å². The summed E-state index contributed by atoms with van der Waals surface area (Å²) in [5.74, 6) is -0.777. The number of carbonyl (C=O) groups excluding carboxylic acids is 1. The van der Waals surface area contributed by atoms with Gasteiger partial charge < -0.3 is 4.42 Å². The highest BCUT2D eigenvalue weighted by Crippen LogP contribution is 2.29. The van der Waals surface area contributed by atoms with E-state index in [4.69, 9.17) is 27.6 Å². The molecule has 0 spiro atoms. The SMILES string of the molecule is CN(c1ccccc1)S(=O)(=O)c1cc(C(=O)c2nnc(-c3ccc(Cl)cc3)o2)ccc1Cl. The zero-order valence-corrected chi connectivity index (χ0v) is 18.9. The summed E-state index contributed by atoms with van der Waals surface area (Å²) >= 11 is 12.1. The van der Waals surface area contributed by atoms with Gasteiger partial charge in [0.25, 0.3) is 15.9 Å². The fourth-order valence-corrected chi connectivity index (χ4v) is 4.73. The maximum absolute atomic E-state index is 13.1. The Morgan fingerprint density at radius 1 is 0.938 bits per heavy atom. The van der Waals surface area contributed by atoms with Crippen molar-refractivity contribution in [2.75, 3.05) is 11.4 Å². The average Bonchev–Trinajstić information content (AvgIpc) is 3.29. The highest BCUT2D eigenvalue weighted by Gasteiger charge is 2.27. The predicted octanol–water partition coefficient (Wildman–Crippen LogP) is 5.10. The van der Waals surface area contributed by atoms with Gasteiger partial charge in [-0.2, -0.15) is 0 Å². The van der Waals surface area contributed by atoms with Crippen molar-refractivity contribution in [3.63, 3.8) is 0 Å².